The molecule has 0 bridgehead atoms. The van der Waals surface area contributed by atoms with E-state index < -0.39 is 6.10 Å². The molecule has 1 aromatic heterocycles. The van der Waals surface area contributed by atoms with E-state index in [1.807, 2.05) is 24.3 Å². The summed E-state index contributed by atoms with van der Waals surface area (Å²) < 4.78 is 5.30. The molecular weight excluding hydrogens is 278 g/mol. The van der Waals surface area contributed by atoms with Gasteiger partial charge in [0.05, 0.1) is 18.7 Å². The first-order chi connectivity index (χ1) is 10.8. The first kappa shape index (κ1) is 15.2. The van der Waals surface area contributed by atoms with Crippen LogP contribution in [0, 0.1) is 0 Å². The molecule has 1 aliphatic rings. The van der Waals surface area contributed by atoms with Crippen molar-refractivity contribution in [3.8, 4) is 5.75 Å². The number of ether oxygens (including phenoxy) is 1. The number of nitrogens with one attached hydrogen (secondary N) is 1. The van der Waals surface area contributed by atoms with Crippen LogP contribution in [0.1, 0.15) is 18.1 Å². The Bertz CT molecular complexity index is 624. The Morgan fingerprint density at radius 2 is 2.23 bits per heavy atom. The Balaban J connectivity index is 1.84. The van der Waals surface area contributed by atoms with Crippen LogP contribution in [0.2, 0.25) is 0 Å². The molecule has 0 aliphatic carbocycles. The second-order valence-electron chi connectivity index (χ2n) is 5.70. The molecule has 3 rings (SSSR count). The molecule has 2 aromatic rings. The quantitative estimate of drug-likeness (QED) is 0.898. The average Bonchev–Trinajstić information content (AvgIpc) is 2.82. The van der Waals surface area contributed by atoms with E-state index in [2.05, 4.69) is 15.2 Å². The lowest BCUT2D eigenvalue weighted by molar-refractivity contribution is 0.118. The van der Waals surface area contributed by atoms with Crippen molar-refractivity contribution >= 4 is 10.9 Å². The zero-order valence-electron chi connectivity index (χ0n) is 13.0. The molecule has 0 amide bonds. The predicted octanol–water partition coefficient (Wildman–Crippen LogP) is 1.57. The molecule has 0 spiro atoms. The van der Waals surface area contributed by atoms with Crippen molar-refractivity contribution in [2.24, 2.45) is 0 Å². The topological polar surface area (TPSA) is 57.6 Å². The summed E-state index contributed by atoms with van der Waals surface area (Å²) in [6.07, 6.45) is 2.37. The number of aliphatic hydroxyl groups excluding tert-OH is 1. The van der Waals surface area contributed by atoms with Crippen LogP contribution in [0.5, 0.6) is 5.75 Å². The number of hydrogen-bond donors (Lipinski definition) is 2. The van der Waals surface area contributed by atoms with Crippen molar-refractivity contribution in [1.29, 1.82) is 0 Å². The van der Waals surface area contributed by atoms with Gasteiger partial charge in [0.1, 0.15) is 5.75 Å². The summed E-state index contributed by atoms with van der Waals surface area (Å²) in [4.78, 5) is 6.69. The summed E-state index contributed by atoms with van der Waals surface area (Å²) in [6, 6.07) is 7.68. The maximum atomic E-state index is 10.7. The molecule has 2 heterocycles. The number of aliphatic hydroxyl groups is 1. The maximum Gasteiger partial charge on any atom is 0.119 e. The zero-order valence-corrected chi connectivity index (χ0v) is 13.0. The first-order valence-electron chi connectivity index (χ1n) is 7.82. The first-order valence-corrected chi connectivity index (χ1v) is 7.82. The number of β-amino-alcohol motifs (C(OH)–C–C–N with tert-alkyl or cyclic N) is 1. The Morgan fingerprint density at radius 1 is 1.32 bits per heavy atom. The van der Waals surface area contributed by atoms with Gasteiger partial charge in [-0.2, -0.15) is 0 Å². The molecule has 1 fully saturated rings. The lowest BCUT2D eigenvalue weighted by Gasteiger charge is -2.23. The van der Waals surface area contributed by atoms with Gasteiger partial charge in [-0.25, -0.2) is 0 Å². The van der Waals surface area contributed by atoms with Gasteiger partial charge >= 0.3 is 0 Å². The molecule has 1 saturated heterocycles. The highest BCUT2D eigenvalue weighted by molar-refractivity contribution is 5.83. The standard InChI is InChI=1S/C17H23N3O2/c1-22-13-3-4-16-15(11-13)14(5-7-19-16)17(21)12-20-9-2-6-18-8-10-20/h3-5,7,11,17-18,21H,2,6,8-10,12H2,1H3. The molecule has 2 N–H and O–H groups in total. The molecule has 1 atom stereocenters. The molecule has 118 valence electrons. The number of rotatable bonds is 4. The van der Waals surface area contributed by atoms with Crippen molar-refractivity contribution in [3.05, 3.63) is 36.0 Å². The molecule has 1 aliphatic heterocycles. The monoisotopic (exact) mass is 301 g/mol. The van der Waals surface area contributed by atoms with Crippen LogP contribution in [0.3, 0.4) is 0 Å². The van der Waals surface area contributed by atoms with Crippen LogP contribution < -0.4 is 10.1 Å². The van der Waals surface area contributed by atoms with Crippen LogP contribution in [0.15, 0.2) is 30.5 Å². The minimum atomic E-state index is -0.518. The Morgan fingerprint density at radius 3 is 3.09 bits per heavy atom. The number of pyridine rings is 1. The van der Waals surface area contributed by atoms with E-state index in [-0.39, 0.29) is 0 Å². The van der Waals surface area contributed by atoms with E-state index in [1.54, 1.807) is 13.3 Å². The molecule has 5 heteroatoms. The number of benzene rings is 1. The third-order valence-corrected chi connectivity index (χ3v) is 4.21. The van der Waals surface area contributed by atoms with Gasteiger partial charge in [0.15, 0.2) is 0 Å². The lowest BCUT2D eigenvalue weighted by Crippen LogP contribution is -2.32. The highest BCUT2D eigenvalue weighted by Gasteiger charge is 2.17. The van der Waals surface area contributed by atoms with E-state index >= 15 is 0 Å². The van der Waals surface area contributed by atoms with Crippen molar-refractivity contribution in [2.75, 3.05) is 39.8 Å². The van der Waals surface area contributed by atoms with E-state index in [0.717, 1.165) is 54.8 Å². The number of hydrogen-bond acceptors (Lipinski definition) is 5. The molecule has 5 nitrogen and oxygen atoms in total. The highest BCUT2D eigenvalue weighted by Crippen LogP contribution is 2.27. The number of methoxy groups -OCH3 is 1. The summed E-state index contributed by atoms with van der Waals surface area (Å²) in [5, 5.41) is 15.0. The van der Waals surface area contributed by atoms with Crippen molar-refractivity contribution in [3.63, 3.8) is 0 Å². The van der Waals surface area contributed by atoms with Crippen molar-refractivity contribution in [1.82, 2.24) is 15.2 Å². The minimum Gasteiger partial charge on any atom is -0.497 e. The van der Waals surface area contributed by atoms with Crippen LogP contribution in [-0.2, 0) is 0 Å². The van der Waals surface area contributed by atoms with Gasteiger partial charge in [-0.3, -0.25) is 9.88 Å². The van der Waals surface area contributed by atoms with Crippen molar-refractivity contribution in [2.45, 2.75) is 12.5 Å². The number of nitrogens with zero attached hydrogens (tertiary/aromatic N) is 2. The van der Waals surface area contributed by atoms with Crippen LogP contribution in [-0.4, -0.2) is 54.8 Å². The summed E-state index contributed by atoms with van der Waals surface area (Å²) in [5.74, 6) is 0.785. The fourth-order valence-electron chi connectivity index (χ4n) is 2.99. The van der Waals surface area contributed by atoms with Gasteiger partial charge < -0.3 is 15.2 Å². The smallest absolute Gasteiger partial charge is 0.119 e. The second-order valence-corrected chi connectivity index (χ2v) is 5.70. The molecular formula is C17H23N3O2. The molecule has 22 heavy (non-hydrogen) atoms. The summed E-state index contributed by atoms with van der Waals surface area (Å²) in [5.41, 5.74) is 1.80. The number of aromatic nitrogens is 1. The highest BCUT2D eigenvalue weighted by atomic mass is 16.5. The van der Waals surface area contributed by atoms with E-state index in [9.17, 15) is 5.11 Å². The van der Waals surface area contributed by atoms with Crippen molar-refractivity contribution < 1.29 is 9.84 Å². The maximum absolute atomic E-state index is 10.7. The van der Waals surface area contributed by atoms with Gasteiger partial charge in [0.25, 0.3) is 0 Å². The van der Waals surface area contributed by atoms with E-state index in [1.165, 1.54) is 0 Å². The van der Waals surface area contributed by atoms with Gasteiger partial charge in [-0.1, -0.05) is 0 Å². The summed E-state index contributed by atoms with van der Waals surface area (Å²) in [7, 11) is 1.65. The fourth-order valence-corrected chi connectivity index (χ4v) is 2.99. The normalized spacial score (nSPS) is 18.1. The van der Waals surface area contributed by atoms with Crippen LogP contribution >= 0.6 is 0 Å². The van der Waals surface area contributed by atoms with E-state index in [0.29, 0.717) is 6.54 Å². The van der Waals surface area contributed by atoms with Gasteiger partial charge in [-0.15, -0.1) is 0 Å². The van der Waals surface area contributed by atoms with Gasteiger partial charge in [-0.05, 0) is 49.3 Å². The summed E-state index contributed by atoms with van der Waals surface area (Å²) in [6.45, 7) is 4.69. The molecule has 0 saturated carbocycles. The zero-order chi connectivity index (χ0) is 15.4. The molecule has 1 aromatic carbocycles. The van der Waals surface area contributed by atoms with E-state index in [4.69, 9.17) is 4.74 Å². The Labute approximate surface area is 130 Å². The number of fused-ring (bicyclic) bond motifs is 1. The van der Waals surface area contributed by atoms with Gasteiger partial charge in [0, 0.05) is 31.2 Å². The minimum absolute atomic E-state index is 0.518. The largest absolute Gasteiger partial charge is 0.497 e. The Hall–Kier alpha value is -1.69. The third kappa shape index (κ3) is 3.38. The lowest BCUT2D eigenvalue weighted by atomic mass is 10.0. The third-order valence-electron chi connectivity index (χ3n) is 4.21. The summed E-state index contributed by atoms with van der Waals surface area (Å²) >= 11 is 0. The predicted molar refractivity (Wildman–Crippen MR) is 87.2 cm³/mol. The average molecular weight is 301 g/mol. The van der Waals surface area contributed by atoms with Crippen LogP contribution in [0.25, 0.3) is 10.9 Å². The second kappa shape index (κ2) is 7.05. The molecule has 1 unspecified atom stereocenters. The SMILES string of the molecule is COc1ccc2nccc(C(O)CN3CCCNCC3)c2c1. The Kier molecular flexibility index (Phi) is 4.87. The van der Waals surface area contributed by atoms with Gasteiger partial charge in [0.2, 0.25) is 0 Å². The fraction of sp³-hybridized carbons (Fsp3) is 0.471. The van der Waals surface area contributed by atoms with Crippen LogP contribution in [0.4, 0.5) is 0 Å². The molecule has 0 radical (unpaired) electrons.